The van der Waals surface area contributed by atoms with Gasteiger partial charge in [0.15, 0.2) is 0 Å². The summed E-state index contributed by atoms with van der Waals surface area (Å²) in [6, 6.07) is 9.60. The molecule has 1 aromatic carbocycles. The molecule has 0 spiro atoms. The summed E-state index contributed by atoms with van der Waals surface area (Å²) in [7, 11) is 0. The summed E-state index contributed by atoms with van der Waals surface area (Å²) in [5, 5.41) is 18.1. The summed E-state index contributed by atoms with van der Waals surface area (Å²) in [5.74, 6) is 0.538. The average Bonchev–Trinajstić information content (AvgIpc) is 2.37. The maximum Gasteiger partial charge on any atom is 0.0992 e. The summed E-state index contributed by atoms with van der Waals surface area (Å²) in [4.78, 5) is 2.22. The lowest BCUT2D eigenvalue weighted by atomic mass is 10.1. The zero-order valence-electron chi connectivity index (χ0n) is 11.4. The normalized spacial score (nSPS) is 10.5. The molecule has 0 aliphatic rings. The van der Waals surface area contributed by atoms with Crippen molar-refractivity contribution in [3.63, 3.8) is 0 Å². The van der Waals surface area contributed by atoms with E-state index in [4.69, 9.17) is 22.1 Å². The molecule has 1 rings (SSSR count). The van der Waals surface area contributed by atoms with E-state index in [0.29, 0.717) is 29.5 Å². The number of hydrogen-bond acceptors (Lipinski definition) is 3. The third-order valence-electron chi connectivity index (χ3n) is 2.74. The topological polar surface area (TPSA) is 50.8 Å². The molecular weight excluding hydrogens is 258 g/mol. The van der Waals surface area contributed by atoms with Crippen molar-refractivity contribution >= 4 is 11.6 Å². The first-order chi connectivity index (χ1) is 9.06. The van der Waals surface area contributed by atoms with Crippen LogP contribution in [-0.2, 0) is 6.54 Å². The van der Waals surface area contributed by atoms with Gasteiger partial charge in [0.2, 0.25) is 0 Å². The first-order valence-corrected chi connectivity index (χ1v) is 6.72. The fraction of sp³-hybridized carbons (Fsp3) is 0.467. The van der Waals surface area contributed by atoms with Gasteiger partial charge in [-0.3, -0.25) is 4.90 Å². The summed E-state index contributed by atoms with van der Waals surface area (Å²) < 4.78 is 0. The maximum absolute atomic E-state index is 8.81. The number of rotatable bonds is 6. The lowest BCUT2D eigenvalue weighted by molar-refractivity contribution is 0.241. The standard InChI is InChI=1S/C15H18ClN3/c1-12(2)10-19(7-3-6-17)11-14-5-4-13(9-18)8-15(14)16/h4-5,8,12H,3,7,10-11H2,1-2H3. The third-order valence-corrected chi connectivity index (χ3v) is 3.09. The molecule has 0 saturated heterocycles. The molecule has 0 N–H and O–H groups in total. The zero-order chi connectivity index (χ0) is 14.3. The van der Waals surface area contributed by atoms with Crippen molar-refractivity contribution in [2.24, 2.45) is 5.92 Å². The Kier molecular flexibility index (Phi) is 6.36. The van der Waals surface area contributed by atoms with E-state index in [9.17, 15) is 0 Å². The Morgan fingerprint density at radius 3 is 2.58 bits per heavy atom. The Morgan fingerprint density at radius 2 is 2.05 bits per heavy atom. The van der Waals surface area contributed by atoms with Crippen molar-refractivity contribution < 1.29 is 0 Å². The van der Waals surface area contributed by atoms with Crippen molar-refractivity contribution in [3.8, 4) is 12.1 Å². The van der Waals surface area contributed by atoms with E-state index < -0.39 is 0 Å². The minimum Gasteiger partial charge on any atom is -0.298 e. The predicted octanol–water partition coefficient (Wildman–Crippen LogP) is 3.58. The van der Waals surface area contributed by atoms with Crippen LogP contribution < -0.4 is 0 Å². The highest BCUT2D eigenvalue weighted by Gasteiger charge is 2.10. The molecule has 0 unspecified atom stereocenters. The molecule has 4 heteroatoms. The van der Waals surface area contributed by atoms with Gasteiger partial charge in [0.1, 0.15) is 0 Å². The van der Waals surface area contributed by atoms with Crippen LogP contribution in [-0.4, -0.2) is 18.0 Å². The van der Waals surface area contributed by atoms with Gasteiger partial charge in [-0.15, -0.1) is 0 Å². The van der Waals surface area contributed by atoms with Crippen LogP contribution in [0.3, 0.4) is 0 Å². The molecular formula is C15H18ClN3. The molecule has 0 bridgehead atoms. The van der Waals surface area contributed by atoms with Crippen LogP contribution in [0, 0.1) is 28.6 Å². The van der Waals surface area contributed by atoms with E-state index in [1.807, 2.05) is 6.07 Å². The van der Waals surface area contributed by atoms with E-state index >= 15 is 0 Å². The molecule has 19 heavy (non-hydrogen) atoms. The second-order valence-electron chi connectivity index (χ2n) is 4.96. The Balaban J connectivity index is 2.78. The van der Waals surface area contributed by atoms with E-state index in [-0.39, 0.29) is 0 Å². The van der Waals surface area contributed by atoms with Gasteiger partial charge < -0.3 is 0 Å². The summed E-state index contributed by atoms with van der Waals surface area (Å²) in [5.41, 5.74) is 1.57. The highest BCUT2D eigenvalue weighted by atomic mass is 35.5. The lowest BCUT2D eigenvalue weighted by Crippen LogP contribution is -2.28. The molecule has 0 fully saturated rings. The first-order valence-electron chi connectivity index (χ1n) is 6.34. The fourth-order valence-corrected chi connectivity index (χ4v) is 2.19. The van der Waals surface area contributed by atoms with Crippen LogP contribution in [0.2, 0.25) is 5.02 Å². The van der Waals surface area contributed by atoms with E-state index in [2.05, 4.69) is 30.9 Å². The molecule has 0 radical (unpaired) electrons. The number of hydrogen-bond donors (Lipinski definition) is 0. The number of nitrogens with zero attached hydrogens (tertiary/aromatic N) is 3. The SMILES string of the molecule is CC(C)CN(CCC#N)Cc1ccc(C#N)cc1Cl. The van der Waals surface area contributed by atoms with Crippen LogP contribution in [0.1, 0.15) is 31.4 Å². The molecule has 3 nitrogen and oxygen atoms in total. The van der Waals surface area contributed by atoms with Crippen LogP contribution in [0.5, 0.6) is 0 Å². The van der Waals surface area contributed by atoms with Crippen molar-refractivity contribution in [2.45, 2.75) is 26.8 Å². The lowest BCUT2D eigenvalue weighted by Gasteiger charge is -2.23. The summed E-state index contributed by atoms with van der Waals surface area (Å²) in [6.07, 6.45) is 0.515. The Morgan fingerprint density at radius 1 is 1.32 bits per heavy atom. The highest BCUT2D eigenvalue weighted by molar-refractivity contribution is 6.31. The minimum atomic E-state index is 0.515. The van der Waals surface area contributed by atoms with Crippen molar-refractivity contribution in [2.75, 3.05) is 13.1 Å². The van der Waals surface area contributed by atoms with Gasteiger partial charge in [-0.1, -0.05) is 31.5 Å². The van der Waals surface area contributed by atoms with Crippen LogP contribution in [0.25, 0.3) is 0 Å². The largest absolute Gasteiger partial charge is 0.298 e. The van der Waals surface area contributed by atoms with Gasteiger partial charge in [0.05, 0.1) is 17.7 Å². The maximum atomic E-state index is 8.81. The molecule has 0 aliphatic heterocycles. The molecule has 100 valence electrons. The quantitative estimate of drug-likeness (QED) is 0.797. The van der Waals surface area contributed by atoms with Gasteiger partial charge in [-0.25, -0.2) is 0 Å². The zero-order valence-corrected chi connectivity index (χ0v) is 12.1. The molecule has 0 atom stereocenters. The van der Waals surface area contributed by atoms with Crippen molar-refractivity contribution in [1.29, 1.82) is 10.5 Å². The van der Waals surface area contributed by atoms with E-state index in [1.54, 1.807) is 12.1 Å². The number of nitriles is 2. The number of benzene rings is 1. The molecule has 0 saturated carbocycles. The Hall–Kier alpha value is -1.55. The van der Waals surface area contributed by atoms with Gasteiger partial charge in [-0.05, 0) is 23.6 Å². The molecule has 0 heterocycles. The second kappa shape index (κ2) is 7.79. The third kappa shape index (κ3) is 5.30. The van der Waals surface area contributed by atoms with Crippen LogP contribution in [0.4, 0.5) is 0 Å². The first kappa shape index (κ1) is 15.5. The Labute approximate surface area is 120 Å². The van der Waals surface area contributed by atoms with Gasteiger partial charge >= 0.3 is 0 Å². The van der Waals surface area contributed by atoms with Crippen LogP contribution >= 0.6 is 11.6 Å². The number of halogens is 1. The average molecular weight is 276 g/mol. The predicted molar refractivity (Wildman–Crippen MR) is 76.5 cm³/mol. The minimum absolute atomic E-state index is 0.515. The van der Waals surface area contributed by atoms with E-state index in [1.165, 1.54) is 0 Å². The Bertz CT molecular complexity index is 497. The van der Waals surface area contributed by atoms with Gasteiger partial charge in [-0.2, -0.15) is 10.5 Å². The molecule has 0 aliphatic carbocycles. The van der Waals surface area contributed by atoms with Crippen molar-refractivity contribution in [3.05, 3.63) is 34.3 Å². The van der Waals surface area contributed by atoms with Crippen molar-refractivity contribution in [1.82, 2.24) is 4.90 Å². The van der Waals surface area contributed by atoms with Crippen LogP contribution in [0.15, 0.2) is 18.2 Å². The fourth-order valence-electron chi connectivity index (χ4n) is 1.95. The molecule has 0 aromatic heterocycles. The molecule has 0 amide bonds. The smallest absolute Gasteiger partial charge is 0.0992 e. The second-order valence-corrected chi connectivity index (χ2v) is 5.36. The summed E-state index contributed by atoms with van der Waals surface area (Å²) >= 11 is 6.18. The monoisotopic (exact) mass is 275 g/mol. The van der Waals surface area contributed by atoms with E-state index in [0.717, 1.165) is 18.7 Å². The highest BCUT2D eigenvalue weighted by Crippen LogP contribution is 2.20. The molecule has 1 aromatic rings. The van der Waals surface area contributed by atoms with Gasteiger partial charge in [0.25, 0.3) is 0 Å². The summed E-state index contributed by atoms with van der Waals surface area (Å²) in [6.45, 7) is 6.69. The van der Waals surface area contributed by atoms with Gasteiger partial charge in [0, 0.05) is 31.1 Å².